The summed E-state index contributed by atoms with van der Waals surface area (Å²) in [5.74, 6) is -0.915. The average molecular weight is 330 g/mol. The number of benzene rings is 2. The van der Waals surface area contributed by atoms with Crippen LogP contribution >= 0.6 is 11.8 Å². The Bertz CT molecular complexity index is 779. The van der Waals surface area contributed by atoms with Crippen molar-refractivity contribution in [3.8, 4) is 0 Å². The summed E-state index contributed by atoms with van der Waals surface area (Å²) in [5, 5.41) is 2.39. The first-order chi connectivity index (χ1) is 11.1. The second-order valence-corrected chi connectivity index (χ2v) is 6.46. The van der Waals surface area contributed by atoms with E-state index in [0.717, 1.165) is 23.8 Å². The molecular formula is C17H15FN2O2S. The first-order valence-electron chi connectivity index (χ1n) is 7.16. The third kappa shape index (κ3) is 3.22. The van der Waals surface area contributed by atoms with E-state index in [4.69, 9.17) is 5.73 Å². The number of thioether (sulfide) groups is 1. The van der Waals surface area contributed by atoms with E-state index in [1.807, 2.05) is 24.3 Å². The summed E-state index contributed by atoms with van der Waals surface area (Å²) in [6.07, 6.45) is 0.937. The fourth-order valence-electron chi connectivity index (χ4n) is 2.61. The molecule has 1 aliphatic rings. The summed E-state index contributed by atoms with van der Waals surface area (Å²) in [4.78, 5) is 23.5. The highest BCUT2D eigenvalue weighted by Gasteiger charge is 2.27. The van der Waals surface area contributed by atoms with Crippen molar-refractivity contribution in [2.75, 3.05) is 11.1 Å². The van der Waals surface area contributed by atoms with Gasteiger partial charge in [0.25, 0.3) is 5.91 Å². The largest absolute Gasteiger partial charge is 0.366 e. The third-order valence-electron chi connectivity index (χ3n) is 3.73. The molecule has 3 N–H and O–H groups in total. The Morgan fingerprint density at radius 1 is 1.22 bits per heavy atom. The molecule has 0 fully saturated rings. The highest BCUT2D eigenvalue weighted by molar-refractivity contribution is 8.00. The van der Waals surface area contributed by atoms with Crippen LogP contribution in [-0.4, -0.2) is 17.6 Å². The number of amides is 2. The van der Waals surface area contributed by atoms with Crippen LogP contribution in [0.2, 0.25) is 0 Å². The molecule has 1 heterocycles. The zero-order valence-electron chi connectivity index (χ0n) is 12.2. The summed E-state index contributed by atoms with van der Waals surface area (Å²) < 4.78 is 13.8. The molecule has 3 rings (SSSR count). The van der Waals surface area contributed by atoms with E-state index >= 15 is 0 Å². The molecule has 0 bridgehead atoms. The molecule has 0 aromatic heterocycles. The highest BCUT2D eigenvalue weighted by Crippen LogP contribution is 2.37. The molecule has 23 heavy (non-hydrogen) atoms. The smallest absolute Gasteiger partial charge is 0.251 e. The number of carbonyl (C=O) groups excluding carboxylic acids is 2. The number of nitrogens with one attached hydrogen (secondary N) is 1. The Kier molecular flexibility index (Phi) is 4.34. The molecule has 0 saturated heterocycles. The Labute approximate surface area is 137 Å². The molecule has 1 aliphatic heterocycles. The van der Waals surface area contributed by atoms with E-state index in [9.17, 15) is 14.0 Å². The van der Waals surface area contributed by atoms with Crippen molar-refractivity contribution in [2.45, 2.75) is 11.7 Å². The lowest BCUT2D eigenvalue weighted by Gasteiger charge is -2.24. The zero-order chi connectivity index (χ0) is 16.4. The number of nitrogens with two attached hydrogens (primary N) is 1. The van der Waals surface area contributed by atoms with Crippen LogP contribution in [0.4, 0.5) is 10.1 Å². The molecule has 2 amide bonds. The van der Waals surface area contributed by atoms with Crippen molar-refractivity contribution >= 4 is 29.3 Å². The van der Waals surface area contributed by atoms with E-state index in [2.05, 4.69) is 5.32 Å². The highest BCUT2D eigenvalue weighted by atomic mass is 32.2. The molecule has 0 radical (unpaired) electrons. The fraction of sp³-hybridized carbons (Fsp3) is 0.176. The normalized spacial score (nSPS) is 16.5. The minimum atomic E-state index is -0.836. The van der Waals surface area contributed by atoms with Gasteiger partial charge in [-0.05, 0) is 41.5 Å². The lowest BCUT2D eigenvalue weighted by molar-refractivity contribution is -0.115. The van der Waals surface area contributed by atoms with Crippen molar-refractivity contribution in [3.05, 3.63) is 65.0 Å². The second kappa shape index (κ2) is 6.42. The van der Waals surface area contributed by atoms with E-state index in [1.165, 1.54) is 17.7 Å². The van der Waals surface area contributed by atoms with E-state index in [1.54, 1.807) is 11.8 Å². The van der Waals surface area contributed by atoms with Gasteiger partial charge in [0.2, 0.25) is 5.91 Å². The number of primary amides is 1. The van der Waals surface area contributed by atoms with Crippen molar-refractivity contribution in [1.82, 2.24) is 0 Å². The molecule has 0 saturated carbocycles. The lowest BCUT2D eigenvalue weighted by Crippen LogP contribution is -2.23. The van der Waals surface area contributed by atoms with Crippen LogP contribution in [0.3, 0.4) is 0 Å². The van der Waals surface area contributed by atoms with Gasteiger partial charge in [-0.3, -0.25) is 9.59 Å². The third-order valence-corrected chi connectivity index (χ3v) is 4.97. The first kappa shape index (κ1) is 15.6. The topological polar surface area (TPSA) is 72.2 Å². The van der Waals surface area contributed by atoms with Crippen LogP contribution in [0.5, 0.6) is 0 Å². The summed E-state index contributed by atoms with van der Waals surface area (Å²) in [5.41, 5.74) is 7.34. The molecule has 4 nitrogen and oxygen atoms in total. The number of carbonyl (C=O) groups is 2. The zero-order valence-corrected chi connectivity index (χ0v) is 13.0. The van der Waals surface area contributed by atoms with Crippen LogP contribution in [0.1, 0.15) is 26.7 Å². The molecule has 0 spiro atoms. The molecule has 1 unspecified atom stereocenters. The quantitative estimate of drug-likeness (QED) is 0.909. The minimum Gasteiger partial charge on any atom is -0.366 e. The van der Waals surface area contributed by atoms with Crippen molar-refractivity contribution in [1.29, 1.82) is 0 Å². The maximum Gasteiger partial charge on any atom is 0.251 e. The predicted octanol–water partition coefficient (Wildman–Crippen LogP) is 2.89. The van der Waals surface area contributed by atoms with E-state index in [0.29, 0.717) is 5.69 Å². The Morgan fingerprint density at radius 3 is 2.74 bits per heavy atom. The van der Waals surface area contributed by atoms with Gasteiger partial charge >= 0.3 is 0 Å². The van der Waals surface area contributed by atoms with E-state index in [-0.39, 0.29) is 16.7 Å². The minimum absolute atomic E-state index is 0.194. The monoisotopic (exact) mass is 330 g/mol. The van der Waals surface area contributed by atoms with Gasteiger partial charge in [0.05, 0.1) is 5.56 Å². The molecule has 0 aliphatic carbocycles. The van der Waals surface area contributed by atoms with Gasteiger partial charge in [-0.2, -0.15) is 0 Å². The molecular weight excluding hydrogens is 315 g/mol. The van der Waals surface area contributed by atoms with Gasteiger partial charge in [0.15, 0.2) is 0 Å². The van der Waals surface area contributed by atoms with Gasteiger partial charge in [0.1, 0.15) is 11.1 Å². The van der Waals surface area contributed by atoms with Crippen LogP contribution < -0.4 is 11.1 Å². The number of rotatable bonds is 3. The molecule has 6 heteroatoms. The van der Waals surface area contributed by atoms with Crippen LogP contribution in [0.15, 0.2) is 42.5 Å². The fourth-order valence-corrected chi connectivity index (χ4v) is 3.80. The summed E-state index contributed by atoms with van der Waals surface area (Å²) in [6, 6.07) is 11.7. The van der Waals surface area contributed by atoms with Crippen LogP contribution in [0.25, 0.3) is 0 Å². The van der Waals surface area contributed by atoms with Gasteiger partial charge in [-0.25, -0.2) is 4.39 Å². The van der Waals surface area contributed by atoms with Crippen molar-refractivity contribution in [2.24, 2.45) is 5.73 Å². The number of aryl methyl sites for hydroxylation is 1. The lowest BCUT2D eigenvalue weighted by atomic mass is 10.0. The Morgan fingerprint density at radius 2 is 2.00 bits per heavy atom. The standard InChI is InChI=1S/C17H15FN2O2S/c18-14-9-11(5-6-13(14)16(19)21)20-17(22)15-12-4-2-1-3-10(12)7-8-23-15/h1-6,9,15H,7-8H2,(H2,19,21)(H,20,22). The maximum atomic E-state index is 13.8. The van der Waals surface area contributed by atoms with Gasteiger partial charge in [-0.15, -0.1) is 11.8 Å². The molecule has 2 aromatic rings. The Balaban J connectivity index is 1.80. The number of hydrogen-bond acceptors (Lipinski definition) is 3. The average Bonchev–Trinajstić information content (AvgIpc) is 2.54. The second-order valence-electron chi connectivity index (χ2n) is 5.25. The van der Waals surface area contributed by atoms with E-state index < -0.39 is 11.7 Å². The van der Waals surface area contributed by atoms with Crippen molar-refractivity contribution in [3.63, 3.8) is 0 Å². The van der Waals surface area contributed by atoms with Gasteiger partial charge < -0.3 is 11.1 Å². The molecule has 1 atom stereocenters. The van der Waals surface area contributed by atoms with Crippen molar-refractivity contribution < 1.29 is 14.0 Å². The van der Waals surface area contributed by atoms with Gasteiger partial charge in [0, 0.05) is 5.69 Å². The summed E-state index contributed by atoms with van der Waals surface area (Å²) >= 11 is 1.57. The number of anilines is 1. The maximum absolute atomic E-state index is 13.8. The Hall–Kier alpha value is -2.34. The SMILES string of the molecule is NC(=O)c1ccc(NC(=O)C2SCCc3ccccc32)cc1F. The first-order valence-corrected chi connectivity index (χ1v) is 8.21. The summed E-state index contributed by atoms with van der Waals surface area (Å²) in [7, 11) is 0. The van der Waals surface area contributed by atoms with Crippen LogP contribution in [-0.2, 0) is 11.2 Å². The molecule has 2 aromatic carbocycles. The number of halogens is 1. The number of hydrogen-bond donors (Lipinski definition) is 2. The predicted molar refractivity (Wildman–Crippen MR) is 88.9 cm³/mol. The van der Waals surface area contributed by atoms with Crippen LogP contribution in [0, 0.1) is 5.82 Å². The van der Waals surface area contributed by atoms with Gasteiger partial charge in [-0.1, -0.05) is 24.3 Å². The molecule has 118 valence electrons. The summed E-state index contributed by atoms with van der Waals surface area (Å²) in [6.45, 7) is 0. The number of fused-ring (bicyclic) bond motifs is 1.